The first-order valence-electron chi connectivity index (χ1n) is 9.67. The Morgan fingerprint density at radius 1 is 1.24 bits per heavy atom. The van der Waals surface area contributed by atoms with Crippen LogP contribution in [0, 0.1) is 6.92 Å². The number of aliphatic imine (C=N–C) groups is 1. The molecule has 3 rings (SSSR count). The lowest BCUT2D eigenvalue weighted by Crippen LogP contribution is -2.37. The molecule has 0 bridgehead atoms. The Hall–Kier alpha value is -2.00. The van der Waals surface area contributed by atoms with Crippen LogP contribution in [0.15, 0.2) is 47.5 Å². The number of para-hydroxylation sites is 1. The van der Waals surface area contributed by atoms with Crippen LogP contribution in [0.4, 0.5) is 0 Å². The van der Waals surface area contributed by atoms with Gasteiger partial charge in [0.25, 0.3) is 0 Å². The van der Waals surface area contributed by atoms with Crippen molar-refractivity contribution in [3.63, 3.8) is 0 Å². The molecule has 2 aromatic rings. The molecule has 0 radical (unpaired) electrons. The number of guanidine groups is 1. The van der Waals surface area contributed by atoms with Gasteiger partial charge in [0.2, 0.25) is 0 Å². The van der Waals surface area contributed by atoms with Crippen molar-refractivity contribution in [1.29, 1.82) is 0 Å². The van der Waals surface area contributed by atoms with Crippen molar-refractivity contribution in [2.24, 2.45) is 10.7 Å². The number of nitrogens with zero attached hydrogens (tertiary/aromatic N) is 1. The predicted molar refractivity (Wildman–Crippen MR) is 126 cm³/mol. The van der Waals surface area contributed by atoms with Gasteiger partial charge in [-0.2, -0.15) is 0 Å². The molecule has 1 atom stereocenters. The fourth-order valence-corrected chi connectivity index (χ4v) is 3.20. The van der Waals surface area contributed by atoms with Gasteiger partial charge in [-0.1, -0.05) is 30.3 Å². The smallest absolute Gasteiger partial charge is 0.189 e. The average molecular weight is 511 g/mol. The molecule has 7 heteroatoms. The number of hydrogen-bond donors (Lipinski definition) is 2. The average Bonchev–Trinajstić information content (AvgIpc) is 2.71. The standard InChI is InChI=1S/C22H29N3O3.HI/c1-16-8-9-17(21(14-16)27-12-5-11-26-2)15-24-22(23)25-19-10-13-28-20-7-4-3-6-18(19)20;/h3-4,6-9,14,19H,5,10-13,15H2,1-2H3,(H3,23,24,25);1H. The van der Waals surface area contributed by atoms with E-state index in [2.05, 4.69) is 22.4 Å². The van der Waals surface area contributed by atoms with Gasteiger partial charge in [0.15, 0.2) is 5.96 Å². The van der Waals surface area contributed by atoms with E-state index in [0.29, 0.717) is 32.3 Å². The van der Waals surface area contributed by atoms with Crippen molar-refractivity contribution in [1.82, 2.24) is 5.32 Å². The third kappa shape index (κ3) is 6.78. The van der Waals surface area contributed by atoms with Gasteiger partial charge in [0, 0.05) is 37.7 Å². The Bertz CT molecular complexity index is 814. The maximum atomic E-state index is 6.17. The van der Waals surface area contributed by atoms with Crippen LogP contribution < -0.4 is 20.5 Å². The van der Waals surface area contributed by atoms with Crippen molar-refractivity contribution in [3.05, 3.63) is 59.2 Å². The maximum Gasteiger partial charge on any atom is 0.189 e. The number of rotatable bonds is 8. The predicted octanol–water partition coefficient (Wildman–Crippen LogP) is 3.96. The van der Waals surface area contributed by atoms with E-state index in [1.54, 1.807) is 7.11 Å². The zero-order valence-electron chi connectivity index (χ0n) is 17.0. The largest absolute Gasteiger partial charge is 0.493 e. The summed E-state index contributed by atoms with van der Waals surface area (Å²) in [7, 11) is 1.69. The number of benzene rings is 2. The fraction of sp³-hybridized carbons (Fsp3) is 0.409. The van der Waals surface area contributed by atoms with Crippen LogP contribution in [0.3, 0.4) is 0 Å². The minimum Gasteiger partial charge on any atom is -0.493 e. The Labute approximate surface area is 189 Å². The minimum atomic E-state index is 0. The summed E-state index contributed by atoms with van der Waals surface area (Å²) in [5, 5.41) is 3.33. The quantitative estimate of drug-likeness (QED) is 0.243. The lowest BCUT2D eigenvalue weighted by atomic mass is 10.0. The number of nitrogens with two attached hydrogens (primary N) is 1. The second-order valence-electron chi connectivity index (χ2n) is 6.88. The number of nitrogens with one attached hydrogen (secondary N) is 1. The van der Waals surface area contributed by atoms with E-state index in [4.69, 9.17) is 19.9 Å². The molecule has 0 aliphatic carbocycles. The van der Waals surface area contributed by atoms with E-state index >= 15 is 0 Å². The number of ether oxygens (including phenoxy) is 3. The maximum absolute atomic E-state index is 6.17. The second-order valence-corrected chi connectivity index (χ2v) is 6.88. The van der Waals surface area contributed by atoms with Gasteiger partial charge >= 0.3 is 0 Å². The Morgan fingerprint density at radius 3 is 2.90 bits per heavy atom. The molecule has 158 valence electrons. The first kappa shape index (κ1) is 23.3. The first-order chi connectivity index (χ1) is 13.7. The molecule has 1 aliphatic heterocycles. The normalized spacial score (nSPS) is 15.7. The molecule has 6 nitrogen and oxygen atoms in total. The summed E-state index contributed by atoms with van der Waals surface area (Å²) >= 11 is 0. The van der Waals surface area contributed by atoms with Crippen molar-refractivity contribution in [2.75, 3.05) is 26.9 Å². The van der Waals surface area contributed by atoms with Gasteiger partial charge in [-0.05, 0) is 24.6 Å². The van der Waals surface area contributed by atoms with E-state index in [0.717, 1.165) is 41.0 Å². The fourth-order valence-electron chi connectivity index (χ4n) is 3.20. The van der Waals surface area contributed by atoms with Crippen LogP contribution in [0.1, 0.15) is 35.6 Å². The van der Waals surface area contributed by atoms with E-state index < -0.39 is 0 Å². The molecule has 1 aliphatic rings. The highest BCUT2D eigenvalue weighted by Crippen LogP contribution is 2.31. The van der Waals surface area contributed by atoms with E-state index in [9.17, 15) is 0 Å². The van der Waals surface area contributed by atoms with Crippen molar-refractivity contribution >= 4 is 29.9 Å². The summed E-state index contributed by atoms with van der Waals surface area (Å²) in [5.74, 6) is 2.18. The van der Waals surface area contributed by atoms with Gasteiger partial charge in [-0.25, -0.2) is 4.99 Å². The highest BCUT2D eigenvalue weighted by molar-refractivity contribution is 14.0. The van der Waals surface area contributed by atoms with Crippen LogP contribution in [0.25, 0.3) is 0 Å². The molecule has 29 heavy (non-hydrogen) atoms. The van der Waals surface area contributed by atoms with Crippen LogP contribution in [-0.2, 0) is 11.3 Å². The Morgan fingerprint density at radius 2 is 2.07 bits per heavy atom. The molecule has 0 saturated heterocycles. The summed E-state index contributed by atoms with van der Waals surface area (Å²) in [6.45, 7) is 4.47. The summed E-state index contributed by atoms with van der Waals surface area (Å²) in [6, 6.07) is 14.3. The number of hydrogen-bond acceptors (Lipinski definition) is 4. The van der Waals surface area contributed by atoms with Gasteiger partial charge in [0.05, 0.1) is 25.8 Å². The molecule has 0 fully saturated rings. The number of fused-ring (bicyclic) bond motifs is 1. The van der Waals surface area contributed by atoms with Crippen molar-refractivity contribution < 1.29 is 14.2 Å². The molecule has 3 N–H and O–H groups in total. The number of aryl methyl sites for hydroxylation is 1. The second kappa shape index (κ2) is 11.9. The van der Waals surface area contributed by atoms with Gasteiger partial charge in [0.1, 0.15) is 11.5 Å². The zero-order chi connectivity index (χ0) is 19.8. The highest BCUT2D eigenvalue weighted by atomic mass is 127. The van der Waals surface area contributed by atoms with Crippen LogP contribution in [0.2, 0.25) is 0 Å². The summed E-state index contributed by atoms with van der Waals surface area (Å²) < 4.78 is 16.7. The summed E-state index contributed by atoms with van der Waals surface area (Å²) in [5.41, 5.74) is 9.45. The van der Waals surface area contributed by atoms with Gasteiger partial charge in [-0.3, -0.25) is 0 Å². The third-order valence-electron chi connectivity index (χ3n) is 4.67. The van der Waals surface area contributed by atoms with Gasteiger partial charge < -0.3 is 25.3 Å². The topological polar surface area (TPSA) is 78.1 Å². The van der Waals surface area contributed by atoms with Crippen LogP contribution in [-0.4, -0.2) is 32.9 Å². The molecule has 2 aromatic carbocycles. The third-order valence-corrected chi connectivity index (χ3v) is 4.67. The monoisotopic (exact) mass is 511 g/mol. The number of halogens is 1. The van der Waals surface area contributed by atoms with Crippen LogP contribution >= 0.6 is 24.0 Å². The molecule has 0 saturated carbocycles. The molecule has 1 heterocycles. The first-order valence-corrected chi connectivity index (χ1v) is 9.67. The molecular formula is C22H30IN3O3. The minimum absolute atomic E-state index is 0. The SMILES string of the molecule is COCCCOc1cc(C)ccc1CN=C(N)NC1CCOc2ccccc21.I. The van der Waals surface area contributed by atoms with E-state index in [-0.39, 0.29) is 30.0 Å². The zero-order valence-corrected chi connectivity index (χ0v) is 19.3. The lowest BCUT2D eigenvalue weighted by molar-refractivity contribution is 0.172. The molecule has 1 unspecified atom stereocenters. The lowest BCUT2D eigenvalue weighted by Gasteiger charge is -2.27. The Kier molecular flexibility index (Phi) is 9.53. The van der Waals surface area contributed by atoms with Crippen molar-refractivity contribution in [2.45, 2.75) is 32.4 Å². The number of methoxy groups -OCH3 is 1. The van der Waals surface area contributed by atoms with Crippen molar-refractivity contribution in [3.8, 4) is 11.5 Å². The van der Waals surface area contributed by atoms with E-state index in [1.165, 1.54) is 0 Å². The Balaban J connectivity index is 0.00000300. The highest BCUT2D eigenvalue weighted by Gasteiger charge is 2.21. The molecule has 0 spiro atoms. The molecule has 0 aromatic heterocycles. The summed E-state index contributed by atoms with van der Waals surface area (Å²) in [6.07, 6.45) is 1.70. The molecule has 0 amide bonds. The molecular weight excluding hydrogens is 481 g/mol. The summed E-state index contributed by atoms with van der Waals surface area (Å²) in [4.78, 5) is 4.53. The van der Waals surface area contributed by atoms with Gasteiger partial charge in [-0.15, -0.1) is 24.0 Å². The van der Waals surface area contributed by atoms with Crippen LogP contribution in [0.5, 0.6) is 11.5 Å². The van der Waals surface area contributed by atoms with E-state index in [1.807, 2.05) is 37.3 Å².